The summed E-state index contributed by atoms with van der Waals surface area (Å²) in [5, 5.41) is 2.61. The molecule has 0 aromatic heterocycles. The highest BCUT2D eigenvalue weighted by molar-refractivity contribution is 5.94. The van der Waals surface area contributed by atoms with Gasteiger partial charge in [-0.15, -0.1) is 0 Å². The van der Waals surface area contributed by atoms with Crippen molar-refractivity contribution < 1.29 is 0 Å². The highest BCUT2D eigenvalue weighted by Crippen LogP contribution is 2.24. The maximum absolute atomic E-state index is 2.33. The minimum Gasteiger partial charge on any atom is -0.377 e. The molecule has 126 valence electrons. The Morgan fingerprint density at radius 3 is 1.88 bits per heavy atom. The van der Waals surface area contributed by atoms with Gasteiger partial charge in [-0.05, 0) is 37.4 Å². The molecule has 0 N–H and O–H groups in total. The summed E-state index contributed by atoms with van der Waals surface area (Å²) in [6, 6.07) is 25.3. The lowest BCUT2D eigenvalue weighted by atomic mass is 10.1. The average Bonchev–Trinajstić information content (AvgIpc) is 2.63. The molecule has 0 spiro atoms. The van der Waals surface area contributed by atoms with Crippen molar-refractivity contribution in [2.45, 2.75) is 13.8 Å². The predicted molar refractivity (Wildman–Crippen MR) is 108 cm³/mol. The van der Waals surface area contributed by atoms with Crippen molar-refractivity contribution in [1.82, 2.24) is 0 Å². The van der Waals surface area contributed by atoms with E-state index in [1.165, 1.54) is 22.1 Å². The molecule has 3 rings (SSSR count). The van der Waals surface area contributed by atoms with Gasteiger partial charge in [0, 0.05) is 43.9 Å². The van der Waals surface area contributed by atoms with Crippen LogP contribution >= 0.6 is 0 Å². The van der Waals surface area contributed by atoms with Gasteiger partial charge >= 0.3 is 0 Å². The van der Waals surface area contributed by atoms with Gasteiger partial charge in [-0.3, -0.25) is 0 Å². The van der Waals surface area contributed by atoms with Crippen LogP contribution in [0.4, 0.5) is 11.4 Å². The summed E-state index contributed by atoms with van der Waals surface area (Å²) < 4.78 is 0. The molecular weight excluding hydrogens is 292 g/mol. The molecule has 0 aliphatic rings. The second-order valence-electron chi connectivity index (χ2n) is 5.90. The number of hydrogen-bond donors (Lipinski definition) is 0. The number of anilines is 2. The van der Waals surface area contributed by atoms with E-state index in [1.54, 1.807) is 0 Å². The molecule has 0 atom stereocenters. The van der Waals surface area contributed by atoms with Crippen molar-refractivity contribution in [1.29, 1.82) is 0 Å². The van der Waals surface area contributed by atoms with Crippen molar-refractivity contribution in [2.24, 2.45) is 0 Å². The van der Waals surface area contributed by atoms with E-state index < -0.39 is 0 Å². The number of nitrogens with zero attached hydrogens (tertiary/aromatic N) is 2. The summed E-state index contributed by atoms with van der Waals surface area (Å²) in [5.41, 5.74) is 2.59. The minimum atomic E-state index is 1.08. The fourth-order valence-corrected chi connectivity index (χ4v) is 2.83. The third-order valence-electron chi connectivity index (χ3n) is 4.13. The third-order valence-corrected chi connectivity index (χ3v) is 4.13. The number of fused-ring (bicyclic) bond motifs is 1. The first-order valence-electron chi connectivity index (χ1n) is 8.62. The molecule has 0 bridgehead atoms. The summed E-state index contributed by atoms with van der Waals surface area (Å²) in [6.07, 6.45) is 0. The molecule has 0 saturated heterocycles. The molecule has 3 aromatic rings. The molecule has 2 nitrogen and oxygen atoms in total. The molecule has 3 aromatic carbocycles. The van der Waals surface area contributed by atoms with Crippen LogP contribution in [-0.2, 0) is 0 Å². The van der Waals surface area contributed by atoms with E-state index in [4.69, 9.17) is 0 Å². The monoisotopic (exact) mass is 320 g/mol. The first kappa shape index (κ1) is 17.9. The molecule has 0 saturated carbocycles. The maximum Gasteiger partial charge on any atom is 0.0440 e. The fraction of sp³-hybridized carbons (Fsp3) is 0.273. The van der Waals surface area contributed by atoms with E-state index in [9.17, 15) is 0 Å². The normalized spacial score (nSPS) is 10.0. The van der Waals surface area contributed by atoms with Crippen LogP contribution in [0.1, 0.15) is 13.8 Å². The van der Waals surface area contributed by atoms with E-state index in [2.05, 4.69) is 104 Å². The van der Waals surface area contributed by atoms with E-state index in [0.29, 0.717) is 0 Å². The highest BCUT2D eigenvalue weighted by atomic mass is 15.1. The van der Waals surface area contributed by atoms with E-state index in [-0.39, 0.29) is 0 Å². The van der Waals surface area contributed by atoms with Crippen molar-refractivity contribution >= 4 is 22.1 Å². The smallest absolute Gasteiger partial charge is 0.0440 e. The highest BCUT2D eigenvalue weighted by Gasteiger charge is 2.00. The summed E-state index contributed by atoms with van der Waals surface area (Å²) >= 11 is 0. The summed E-state index contributed by atoms with van der Waals surface area (Å²) in [7, 11) is 4.14. The van der Waals surface area contributed by atoms with Gasteiger partial charge in [0.25, 0.3) is 0 Å². The van der Waals surface area contributed by atoms with Crippen molar-refractivity contribution in [3.05, 3.63) is 72.8 Å². The second-order valence-corrected chi connectivity index (χ2v) is 5.90. The predicted octanol–water partition coefficient (Wildman–Crippen LogP) is 5.44. The van der Waals surface area contributed by atoms with Gasteiger partial charge in [0.2, 0.25) is 0 Å². The molecule has 0 heterocycles. The number of benzene rings is 3. The Morgan fingerprint density at radius 1 is 0.667 bits per heavy atom. The summed E-state index contributed by atoms with van der Waals surface area (Å²) in [6.45, 7) is 6.52. The molecule has 0 aliphatic heterocycles. The van der Waals surface area contributed by atoms with Crippen LogP contribution in [0.25, 0.3) is 10.8 Å². The quantitative estimate of drug-likeness (QED) is 0.631. The molecule has 0 aliphatic carbocycles. The third kappa shape index (κ3) is 4.51. The zero-order valence-corrected chi connectivity index (χ0v) is 15.2. The lowest BCUT2D eigenvalue weighted by Crippen LogP contribution is -2.21. The molecule has 0 fully saturated rings. The Kier molecular flexibility index (Phi) is 6.68. The standard InChI is InChI=1S/C12H13N.C10H15N/c1-13(2)12-9-5-7-10-6-3-4-8-11(10)12;1-3-11(4-2)10-8-6-5-7-9-10/h3-9H,1-2H3;5-9H,3-4H2,1-2H3. The zero-order chi connectivity index (χ0) is 17.4. The van der Waals surface area contributed by atoms with Crippen LogP contribution in [0.5, 0.6) is 0 Å². The van der Waals surface area contributed by atoms with Crippen molar-refractivity contribution in [3.63, 3.8) is 0 Å². The molecule has 24 heavy (non-hydrogen) atoms. The van der Waals surface area contributed by atoms with Crippen LogP contribution in [0.2, 0.25) is 0 Å². The van der Waals surface area contributed by atoms with Crippen LogP contribution in [0, 0.1) is 0 Å². The number of para-hydroxylation sites is 1. The maximum atomic E-state index is 2.33. The van der Waals surface area contributed by atoms with Gasteiger partial charge < -0.3 is 9.80 Å². The second kappa shape index (κ2) is 8.97. The lowest BCUT2D eigenvalue weighted by molar-refractivity contribution is 0.866. The Morgan fingerprint density at radius 2 is 1.25 bits per heavy atom. The average molecular weight is 320 g/mol. The summed E-state index contributed by atoms with van der Waals surface area (Å²) in [4.78, 5) is 4.47. The Hall–Kier alpha value is -2.48. The molecular formula is C22H28N2. The molecule has 0 amide bonds. The van der Waals surface area contributed by atoms with Gasteiger partial charge in [0.1, 0.15) is 0 Å². The van der Waals surface area contributed by atoms with E-state index >= 15 is 0 Å². The Labute approximate surface area is 146 Å². The van der Waals surface area contributed by atoms with Crippen LogP contribution in [-0.4, -0.2) is 27.2 Å². The van der Waals surface area contributed by atoms with Gasteiger partial charge in [0.15, 0.2) is 0 Å². The number of hydrogen-bond acceptors (Lipinski definition) is 2. The molecule has 0 unspecified atom stereocenters. The van der Waals surface area contributed by atoms with E-state index in [1.807, 2.05) is 6.07 Å². The Balaban J connectivity index is 0.000000177. The molecule has 0 radical (unpaired) electrons. The Bertz CT molecular complexity index is 726. The zero-order valence-electron chi connectivity index (χ0n) is 15.2. The fourth-order valence-electron chi connectivity index (χ4n) is 2.83. The first-order valence-corrected chi connectivity index (χ1v) is 8.62. The first-order chi connectivity index (χ1) is 11.7. The topological polar surface area (TPSA) is 6.48 Å². The van der Waals surface area contributed by atoms with Crippen LogP contribution in [0.3, 0.4) is 0 Å². The van der Waals surface area contributed by atoms with Crippen molar-refractivity contribution in [3.8, 4) is 0 Å². The van der Waals surface area contributed by atoms with Crippen LogP contribution < -0.4 is 9.80 Å². The lowest BCUT2D eigenvalue weighted by Gasteiger charge is -2.20. The van der Waals surface area contributed by atoms with Crippen molar-refractivity contribution in [2.75, 3.05) is 37.0 Å². The van der Waals surface area contributed by atoms with Gasteiger partial charge in [-0.2, -0.15) is 0 Å². The van der Waals surface area contributed by atoms with Crippen LogP contribution in [0.15, 0.2) is 72.8 Å². The van der Waals surface area contributed by atoms with Gasteiger partial charge in [-0.1, -0.05) is 54.6 Å². The van der Waals surface area contributed by atoms with Gasteiger partial charge in [-0.25, -0.2) is 0 Å². The van der Waals surface area contributed by atoms with E-state index in [0.717, 1.165) is 13.1 Å². The molecule has 2 heteroatoms. The largest absolute Gasteiger partial charge is 0.377 e. The minimum absolute atomic E-state index is 1.08. The summed E-state index contributed by atoms with van der Waals surface area (Å²) in [5.74, 6) is 0. The SMILES string of the molecule is CCN(CC)c1ccccc1.CN(C)c1cccc2ccccc12. The van der Waals surface area contributed by atoms with Gasteiger partial charge in [0.05, 0.1) is 0 Å². The number of rotatable bonds is 4.